The van der Waals surface area contributed by atoms with Gasteiger partial charge in [-0.25, -0.2) is 8.42 Å². The zero-order valence-electron chi connectivity index (χ0n) is 12.8. The summed E-state index contributed by atoms with van der Waals surface area (Å²) in [5.74, 6) is -2.11. The van der Waals surface area contributed by atoms with E-state index < -0.39 is 21.9 Å². The summed E-state index contributed by atoms with van der Waals surface area (Å²) in [4.78, 5) is 22.8. The number of carbonyl (C=O) groups is 2. The van der Waals surface area contributed by atoms with Crippen LogP contribution >= 0.6 is 0 Å². The molecule has 0 radical (unpaired) electrons. The van der Waals surface area contributed by atoms with Gasteiger partial charge in [0.25, 0.3) is 10.0 Å². The summed E-state index contributed by atoms with van der Waals surface area (Å²) in [7, 11) is -3.90. The van der Waals surface area contributed by atoms with Crippen molar-refractivity contribution in [3.63, 3.8) is 0 Å². The highest BCUT2D eigenvalue weighted by Crippen LogP contribution is 2.39. The summed E-state index contributed by atoms with van der Waals surface area (Å²) < 4.78 is 26.9. The number of hydrogen-bond acceptors (Lipinski definition) is 4. The van der Waals surface area contributed by atoms with Gasteiger partial charge in [-0.2, -0.15) is 0 Å². The highest BCUT2D eigenvalue weighted by atomic mass is 32.2. The van der Waals surface area contributed by atoms with E-state index in [4.69, 9.17) is 0 Å². The van der Waals surface area contributed by atoms with Gasteiger partial charge >= 0.3 is 5.97 Å². The van der Waals surface area contributed by atoms with Crippen molar-refractivity contribution in [3.8, 4) is 0 Å². The van der Waals surface area contributed by atoms with E-state index in [1.165, 1.54) is 31.2 Å². The van der Waals surface area contributed by atoms with Crippen molar-refractivity contribution in [1.29, 1.82) is 0 Å². The normalized spacial score (nSPS) is 16.7. The van der Waals surface area contributed by atoms with Gasteiger partial charge in [0.15, 0.2) is 5.78 Å². The number of carboxylic acids is 1. The first-order chi connectivity index (χ1) is 11.3. The molecule has 0 aliphatic carbocycles. The summed E-state index contributed by atoms with van der Waals surface area (Å²) in [5.41, 5.74) is 1.27. The first-order valence-electron chi connectivity index (χ1n) is 7.28. The van der Waals surface area contributed by atoms with Crippen molar-refractivity contribution in [3.05, 3.63) is 59.7 Å². The van der Waals surface area contributed by atoms with Gasteiger partial charge in [0.05, 0.1) is 17.1 Å². The van der Waals surface area contributed by atoms with Gasteiger partial charge in [-0.3, -0.25) is 13.9 Å². The highest BCUT2D eigenvalue weighted by molar-refractivity contribution is 7.92. The molecule has 24 heavy (non-hydrogen) atoms. The van der Waals surface area contributed by atoms with Crippen LogP contribution in [0.3, 0.4) is 0 Å². The first-order valence-corrected chi connectivity index (χ1v) is 8.72. The van der Waals surface area contributed by atoms with Gasteiger partial charge in [-0.05, 0) is 30.7 Å². The van der Waals surface area contributed by atoms with Gasteiger partial charge < -0.3 is 5.11 Å². The smallest absolute Gasteiger partial charge is 0.312 e. The molecule has 0 bridgehead atoms. The Morgan fingerprint density at radius 2 is 1.71 bits per heavy atom. The van der Waals surface area contributed by atoms with Gasteiger partial charge in [-0.15, -0.1) is 0 Å². The molecule has 0 fully saturated rings. The number of ketones is 1. The number of fused-ring (bicyclic) bond motifs is 1. The van der Waals surface area contributed by atoms with E-state index in [1.54, 1.807) is 24.3 Å². The van der Waals surface area contributed by atoms with Crippen LogP contribution in [0.2, 0.25) is 0 Å². The lowest BCUT2D eigenvalue weighted by Gasteiger charge is -2.19. The number of aliphatic carboxylic acids is 1. The molecule has 0 saturated carbocycles. The number of rotatable bonds is 4. The van der Waals surface area contributed by atoms with Crippen LogP contribution in [-0.4, -0.2) is 31.8 Å². The number of para-hydroxylation sites is 1. The Morgan fingerprint density at radius 1 is 1.08 bits per heavy atom. The lowest BCUT2D eigenvalue weighted by molar-refractivity contribution is -0.138. The number of carbonyl (C=O) groups excluding carboxylic acids is 1. The van der Waals surface area contributed by atoms with E-state index in [1.807, 2.05) is 0 Å². The fraction of sp³-hybridized carbons (Fsp3) is 0.176. The van der Waals surface area contributed by atoms with Crippen LogP contribution in [0, 0.1) is 0 Å². The minimum Gasteiger partial charge on any atom is -0.481 e. The molecule has 0 amide bonds. The van der Waals surface area contributed by atoms with Gasteiger partial charge in [-0.1, -0.05) is 30.3 Å². The van der Waals surface area contributed by atoms with E-state index in [0.717, 1.165) is 4.31 Å². The maximum Gasteiger partial charge on any atom is 0.312 e. The molecule has 6 nitrogen and oxygen atoms in total. The van der Waals surface area contributed by atoms with Gasteiger partial charge in [0.2, 0.25) is 0 Å². The largest absolute Gasteiger partial charge is 0.481 e. The molecular formula is C17H15NO5S. The Kier molecular flexibility index (Phi) is 3.88. The molecule has 1 unspecified atom stereocenters. The quantitative estimate of drug-likeness (QED) is 0.858. The molecule has 1 atom stereocenters. The third-order valence-electron chi connectivity index (χ3n) is 4.08. The summed E-state index contributed by atoms with van der Waals surface area (Å²) in [6, 6.07) is 12.2. The SMILES string of the molecule is CC(=O)c1ccc(S(=O)(=O)N2CC(C(=O)O)c3ccccc32)cc1. The van der Waals surface area contributed by atoms with Crippen molar-refractivity contribution in [1.82, 2.24) is 0 Å². The molecule has 0 aromatic heterocycles. The van der Waals surface area contributed by atoms with Gasteiger partial charge in [0.1, 0.15) is 5.92 Å². The fourth-order valence-corrected chi connectivity index (χ4v) is 4.30. The van der Waals surface area contributed by atoms with Gasteiger partial charge in [0, 0.05) is 5.56 Å². The maximum atomic E-state index is 12.9. The number of nitrogens with zero attached hydrogens (tertiary/aromatic N) is 1. The zero-order valence-corrected chi connectivity index (χ0v) is 13.7. The lowest BCUT2D eigenvalue weighted by atomic mass is 10.0. The Labute approximate surface area is 139 Å². The van der Waals surface area contributed by atoms with Crippen LogP contribution in [0.15, 0.2) is 53.4 Å². The average Bonchev–Trinajstić information content (AvgIpc) is 2.95. The highest BCUT2D eigenvalue weighted by Gasteiger charge is 2.39. The number of hydrogen-bond donors (Lipinski definition) is 1. The molecule has 1 aliphatic rings. The second-order valence-electron chi connectivity index (χ2n) is 5.57. The Balaban J connectivity index is 2.04. The van der Waals surface area contributed by atoms with Crippen molar-refractivity contribution in [2.75, 3.05) is 10.8 Å². The van der Waals surface area contributed by atoms with Crippen LogP contribution in [0.1, 0.15) is 28.8 Å². The zero-order chi connectivity index (χ0) is 17.5. The van der Waals surface area contributed by atoms with E-state index in [2.05, 4.69) is 0 Å². The number of benzene rings is 2. The molecule has 1 heterocycles. The molecule has 0 saturated heterocycles. The minimum absolute atomic E-state index is 0.0216. The molecular weight excluding hydrogens is 330 g/mol. The standard InChI is InChI=1S/C17H15NO5S/c1-11(19)12-6-8-13(9-7-12)24(22,23)18-10-15(17(20)21)14-4-2-3-5-16(14)18/h2-9,15H,10H2,1H3,(H,20,21). The topological polar surface area (TPSA) is 91.8 Å². The van der Waals surface area contributed by atoms with Crippen LogP contribution in [0.4, 0.5) is 5.69 Å². The van der Waals surface area contributed by atoms with E-state index >= 15 is 0 Å². The number of Topliss-reactive ketones (excluding diaryl/α,β-unsaturated/α-hetero) is 1. The predicted octanol–water partition coefficient (Wildman–Crippen LogP) is 2.27. The lowest BCUT2D eigenvalue weighted by Crippen LogP contribution is -2.31. The summed E-state index contributed by atoms with van der Waals surface area (Å²) >= 11 is 0. The monoisotopic (exact) mass is 345 g/mol. The minimum atomic E-state index is -3.90. The molecule has 124 valence electrons. The van der Waals surface area contributed by atoms with Crippen LogP contribution < -0.4 is 4.31 Å². The van der Waals surface area contributed by atoms with E-state index in [0.29, 0.717) is 16.8 Å². The Morgan fingerprint density at radius 3 is 2.29 bits per heavy atom. The van der Waals surface area contributed by atoms with Crippen LogP contribution in [0.25, 0.3) is 0 Å². The third-order valence-corrected chi connectivity index (χ3v) is 5.87. The molecule has 3 rings (SSSR count). The maximum absolute atomic E-state index is 12.9. The van der Waals surface area contributed by atoms with Crippen LogP contribution in [0.5, 0.6) is 0 Å². The second kappa shape index (κ2) is 5.76. The molecule has 7 heteroatoms. The van der Waals surface area contributed by atoms with Crippen molar-refractivity contribution >= 4 is 27.5 Å². The molecule has 2 aromatic rings. The average molecular weight is 345 g/mol. The second-order valence-corrected chi connectivity index (χ2v) is 7.43. The first kappa shape index (κ1) is 16.2. The molecule has 1 aliphatic heterocycles. The fourth-order valence-electron chi connectivity index (χ4n) is 2.80. The van der Waals surface area contributed by atoms with E-state index in [-0.39, 0.29) is 17.2 Å². The van der Waals surface area contributed by atoms with Crippen molar-refractivity contribution < 1.29 is 23.1 Å². The Hall–Kier alpha value is -2.67. The number of anilines is 1. The number of carboxylic acid groups (broad SMARTS) is 1. The summed E-state index contributed by atoms with van der Waals surface area (Å²) in [6.45, 7) is 1.25. The predicted molar refractivity (Wildman–Crippen MR) is 87.8 cm³/mol. The summed E-state index contributed by atoms with van der Waals surface area (Å²) in [5, 5.41) is 9.35. The number of sulfonamides is 1. The third kappa shape index (κ3) is 2.56. The van der Waals surface area contributed by atoms with Crippen molar-refractivity contribution in [2.24, 2.45) is 0 Å². The molecule has 0 spiro atoms. The van der Waals surface area contributed by atoms with Crippen molar-refractivity contribution in [2.45, 2.75) is 17.7 Å². The molecule has 1 N–H and O–H groups in total. The summed E-state index contributed by atoms with van der Waals surface area (Å²) in [6.07, 6.45) is 0. The molecule has 2 aromatic carbocycles. The van der Waals surface area contributed by atoms with E-state index in [9.17, 15) is 23.1 Å². The van der Waals surface area contributed by atoms with Crippen LogP contribution in [-0.2, 0) is 14.8 Å². The Bertz CT molecular complexity index is 918.